The molecule has 1 aromatic heterocycles. The van der Waals surface area contributed by atoms with Crippen molar-refractivity contribution in [1.82, 2.24) is 10.1 Å². The first-order valence-electron chi connectivity index (χ1n) is 9.18. The van der Waals surface area contributed by atoms with Crippen molar-refractivity contribution in [2.45, 2.75) is 57.8 Å². The van der Waals surface area contributed by atoms with E-state index in [0.29, 0.717) is 25.3 Å². The van der Waals surface area contributed by atoms with Gasteiger partial charge in [0, 0.05) is 19.2 Å². The Morgan fingerprint density at radius 1 is 1.25 bits per heavy atom. The topological polar surface area (TPSA) is 102 Å². The molecule has 1 amide bonds. The molecule has 0 bridgehead atoms. The summed E-state index contributed by atoms with van der Waals surface area (Å²) in [6.07, 6.45) is 0.0932. The number of fused-ring (bicyclic) bond motifs is 1. The summed E-state index contributed by atoms with van der Waals surface area (Å²) in [5, 5.41) is 3.66. The average Bonchev–Trinajstić information content (AvgIpc) is 3.03. The lowest BCUT2D eigenvalue weighted by atomic mass is 9.99. The number of hydrogen-bond donors (Lipinski definition) is 1. The van der Waals surface area contributed by atoms with Crippen LogP contribution in [0, 0.1) is 6.92 Å². The van der Waals surface area contributed by atoms with Crippen LogP contribution in [0.2, 0.25) is 0 Å². The van der Waals surface area contributed by atoms with Crippen LogP contribution in [0.1, 0.15) is 37.7 Å². The molecular weight excluding hydrogens is 382 g/mol. The van der Waals surface area contributed by atoms with Gasteiger partial charge in [-0.1, -0.05) is 11.2 Å². The number of sulfonamides is 1. The lowest BCUT2D eigenvalue weighted by molar-refractivity contribution is -0.146. The molecule has 1 aromatic carbocycles. The maximum absolute atomic E-state index is 12.6. The van der Waals surface area contributed by atoms with Crippen molar-refractivity contribution < 1.29 is 22.5 Å². The quantitative estimate of drug-likeness (QED) is 0.789. The first kappa shape index (κ1) is 20.3. The Morgan fingerprint density at radius 3 is 2.64 bits per heavy atom. The first-order chi connectivity index (χ1) is 13.2. The van der Waals surface area contributed by atoms with Crippen LogP contribution >= 0.6 is 0 Å². The minimum atomic E-state index is -3.80. The number of benzene rings is 1. The van der Waals surface area contributed by atoms with Crippen molar-refractivity contribution in [3.63, 3.8) is 0 Å². The molecule has 8 nitrogen and oxygen atoms in total. The summed E-state index contributed by atoms with van der Waals surface area (Å²) in [6, 6.07) is 6.48. The second-order valence-corrected chi connectivity index (χ2v) is 8.88. The summed E-state index contributed by atoms with van der Waals surface area (Å²) >= 11 is 0. The molecule has 1 N–H and O–H groups in total. The van der Waals surface area contributed by atoms with Crippen molar-refractivity contribution in [3.05, 3.63) is 41.2 Å². The highest BCUT2D eigenvalue weighted by Gasteiger charge is 2.27. The van der Waals surface area contributed by atoms with Crippen LogP contribution in [0.25, 0.3) is 0 Å². The molecule has 3 rings (SSSR count). The lowest BCUT2D eigenvalue weighted by Gasteiger charge is -2.31. The van der Waals surface area contributed by atoms with Crippen LogP contribution in [-0.4, -0.2) is 43.1 Å². The number of amides is 1. The molecular formula is C19H25N3O5S. The fourth-order valence-electron chi connectivity index (χ4n) is 3.22. The van der Waals surface area contributed by atoms with Gasteiger partial charge in [-0.15, -0.1) is 0 Å². The monoisotopic (exact) mass is 407 g/mol. The van der Waals surface area contributed by atoms with Crippen LogP contribution < -0.4 is 4.72 Å². The Hall–Kier alpha value is -2.39. The molecule has 0 aliphatic carbocycles. The van der Waals surface area contributed by atoms with Gasteiger partial charge in [0.05, 0.1) is 11.0 Å². The van der Waals surface area contributed by atoms with Crippen LogP contribution in [0.5, 0.6) is 0 Å². The predicted octanol–water partition coefficient (Wildman–Crippen LogP) is 2.48. The Bertz CT molecular complexity index is 968. The minimum Gasteiger partial charge on any atom is -0.366 e. The van der Waals surface area contributed by atoms with Crippen LogP contribution in [-0.2, 0) is 32.5 Å². The van der Waals surface area contributed by atoms with Crippen molar-refractivity contribution in [1.29, 1.82) is 0 Å². The van der Waals surface area contributed by atoms with Gasteiger partial charge in [-0.05, 0) is 57.4 Å². The van der Waals surface area contributed by atoms with E-state index in [1.165, 1.54) is 6.07 Å². The van der Waals surface area contributed by atoms with E-state index in [-0.39, 0.29) is 22.7 Å². The molecule has 9 heteroatoms. The minimum absolute atomic E-state index is 0.0426. The summed E-state index contributed by atoms with van der Waals surface area (Å²) in [6.45, 7) is 8.13. The Morgan fingerprint density at radius 2 is 2.00 bits per heavy atom. The van der Waals surface area contributed by atoms with E-state index in [1.54, 1.807) is 36.9 Å². The van der Waals surface area contributed by atoms with E-state index in [1.807, 2.05) is 13.8 Å². The second-order valence-electron chi connectivity index (χ2n) is 7.20. The third kappa shape index (κ3) is 4.53. The summed E-state index contributed by atoms with van der Waals surface area (Å²) in [4.78, 5) is 14.4. The van der Waals surface area contributed by atoms with Crippen molar-refractivity contribution in [2.75, 3.05) is 11.3 Å². The molecule has 0 saturated heterocycles. The molecule has 1 aliphatic heterocycles. The zero-order chi connectivity index (χ0) is 20.5. The number of hydrogen-bond acceptors (Lipinski definition) is 6. The summed E-state index contributed by atoms with van der Waals surface area (Å²) in [5.74, 6) is 0.547. The number of nitrogens with zero attached hydrogens (tertiary/aromatic N) is 2. The molecule has 0 spiro atoms. The van der Waals surface area contributed by atoms with Crippen molar-refractivity contribution in [3.8, 4) is 0 Å². The summed E-state index contributed by atoms with van der Waals surface area (Å²) < 4.78 is 38.2. The largest absolute Gasteiger partial charge is 0.366 e. The number of aromatic nitrogens is 1. The molecule has 1 aliphatic rings. The normalized spacial score (nSPS) is 15.4. The van der Waals surface area contributed by atoms with Gasteiger partial charge in [0.15, 0.2) is 5.82 Å². The van der Waals surface area contributed by atoms with E-state index in [2.05, 4.69) is 9.88 Å². The fourth-order valence-corrected chi connectivity index (χ4v) is 4.26. The Labute approximate surface area is 164 Å². The van der Waals surface area contributed by atoms with Gasteiger partial charge in [-0.2, -0.15) is 0 Å². The average molecular weight is 407 g/mol. The fraction of sp³-hybridized carbons (Fsp3) is 0.474. The first-order valence-corrected chi connectivity index (χ1v) is 10.7. The smallest absolute Gasteiger partial charge is 0.263 e. The van der Waals surface area contributed by atoms with E-state index >= 15 is 0 Å². The highest BCUT2D eigenvalue weighted by atomic mass is 32.2. The molecule has 28 heavy (non-hydrogen) atoms. The number of carbonyl (C=O) groups excluding carboxylic acids is 1. The molecule has 1 atom stereocenters. The Balaban J connectivity index is 1.78. The van der Waals surface area contributed by atoms with E-state index in [4.69, 9.17) is 9.26 Å². The lowest BCUT2D eigenvalue weighted by Crippen LogP contribution is -2.42. The molecule has 152 valence electrons. The van der Waals surface area contributed by atoms with Gasteiger partial charge in [0.1, 0.15) is 11.9 Å². The van der Waals surface area contributed by atoms with Gasteiger partial charge < -0.3 is 14.2 Å². The van der Waals surface area contributed by atoms with Crippen molar-refractivity contribution >= 4 is 21.7 Å². The standard InChI is InChI=1S/C19H25N3O5S/c1-12(2)26-14(4)19(23)22-8-7-15-5-6-17(10-16(15)11-22)28(24,25)21-18-9-13(3)27-20-18/h5-6,9-10,12,14H,7-8,11H2,1-4H3,(H,20,21)/t14-/m0/s1. The maximum atomic E-state index is 12.6. The van der Waals surface area contributed by atoms with Gasteiger partial charge in [-0.3, -0.25) is 9.52 Å². The molecule has 0 unspecified atom stereocenters. The Kier molecular flexibility index (Phi) is 5.76. The van der Waals surface area contributed by atoms with Gasteiger partial charge >= 0.3 is 0 Å². The second kappa shape index (κ2) is 7.92. The highest BCUT2D eigenvalue weighted by molar-refractivity contribution is 7.92. The third-order valence-electron chi connectivity index (χ3n) is 4.50. The molecule has 0 fully saturated rings. The highest BCUT2D eigenvalue weighted by Crippen LogP contribution is 2.24. The zero-order valence-corrected chi connectivity index (χ0v) is 17.2. The summed E-state index contributed by atoms with van der Waals surface area (Å²) in [7, 11) is -3.80. The van der Waals surface area contributed by atoms with Gasteiger partial charge in [0.2, 0.25) is 0 Å². The predicted molar refractivity (Wildman–Crippen MR) is 103 cm³/mol. The van der Waals surface area contributed by atoms with Crippen molar-refractivity contribution in [2.24, 2.45) is 0 Å². The number of rotatable bonds is 6. The molecule has 0 radical (unpaired) electrons. The number of aryl methyl sites for hydroxylation is 1. The van der Waals surface area contributed by atoms with E-state index in [9.17, 15) is 13.2 Å². The number of ether oxygens (including phenoxy) is 1. The van der Waals surface area contributed by atoms with E-state index in [0.717, 1.165) is 11.1 Å². The number of anilines is 1. The number of carbonyl (C=O) groups is 1. The molecule has 0 saturated carbocycles. The third-order valence-corrected chi connectivity index (χ3v) is 5.86. The van der Waals surface area contributed by atoms with Crippen LogP contribution in [0.3, 0.4) is 0 Å². The summed E-state index contributed by atoms with van der Waals surface area (Å²) in [5.41, 5.74) is 1.85. The molecule has 2 heterocycles. The van der Waals surface area contributed by atoms with Gasteiger partial charge in [-0.25, -0.2) is 8.42 Å². The number of nitrogens with one attached hydrogen (secondary N) is 1. The maximum Gasteiger partial charge on any atom is 0.263 e. The van der Waals surface area contributed by atoms with Crippen LogP contribution in [0.4, 0.5) is 5.82 Å². The van der Waals surface area contributed by atoms with E-state index < -0.39 is 16.1 Å². The molecule has 2 aromatic rings. The SMILES string of the molecule is Cc1cc(NS(=O)(=O)c2ccc3c(c2)CN(C(=O)[C@H](C)OC(C)C)CC3)no1. The van der Waals surface area contributed by atoms with Gasteiger partial charge in [0.25, 0.3) is 15.9 Å². The zero-order valence-electron chi connectivity index (χ0n) is 16.4. The van der Waals surface area contributed by atoms with Crippen LogP contribution in [0.15, 0.2) is 33.7 Å².